The first kappa shape index (κ1) is 14.7. The van der Waals surface area contributed by atoms with Gasteiger partial charge in [-0.1, -0.05) is 0 Å². The van der Waals surface area contributed by atoms with Crippen LogP contribution in [0.4, 0.5) is 0 Å². The van der Waals surface area contributed by atoms with Crippen LogP contribution in [0, 0.1) is 0 Å². The van der Waals surface area contributed by atoms with E-state index in [-0.39, 0.29) is 12.2 Å². The van der Waals surface area contributed by atoms with Crippen LogP contribution in [0.5, 0.6) is 0 Å². The van der Waals surface area contributed by atoms with E-state index in [0.717, 1.165) is 6.42 Å². The highest BCUT2D eigenvalue weighted by Gasteiger charge is 2.12. The summed E-state index contributed by atoms with van der Waals surface area (Å²) < 4.78 is 20.4. The first-order valence-corrected chi connectivity index (χ1v) is 5.69. The Balaban J connectivity index is 2.07. The van der Waals surface area contributed by atoms with Crippen molar-refractivity contribution in [2.75, 3.05) is 33.5 Å². The average Bonchev–Trinajstić information content (AvgIpc) is 2.81. The van der Waals surface area contributed by atoms with Crippen molar-refractivity contribution >= 4 is 5.97 Å². The number of rotatable bonds is 10. The van der Waals surface area contributed by atoms with Crippen molar-refractivity contribution in [3.63, 3.8) is 0 Å². The quantitative estimate of drug-likeness (QED) is 0.641. The Labute approximate surface area is 105 Å². The summed E-state index contributed by atoms with van der Waals surface area (Å²) >= 11 is 0. The van der Waals surface area contributed by atoms with Gasteiger partial charge in [0.15, 0.2) is 0 Å². The third-order valence-corrected chi connectivity index (χ3v) is 2.22. The molecule has 0 aromatic carbocycles. The molecular weight excluding hydrogens is 240 g/mol. The van der Waals surface area contributed by atoms with Crippen LogP contribution in [-0.4, -0.2) is 44.6 Å². The van der Waals surface area contributed by atoms with Gasteiger partial charge in [0.2, 0.25) is 0 Å². The zero-order valence-corrected chi connectivity index (χ0v) is 10.4. The lowest BCUT2D eigenvalue weighted by Gasteiger charge is -2.05. The molecule has 0 amide bonds. The molecular formula is C12H18O6. The van der Waals surface area contributed by atoms with Gasteiger partial charge in [0.25, 0.3) is 0 Å². The first-order chi connectivity index (χ1) is 8.75. The van der Waals surface area contributed by atoms with Gasteiger partial charge in [-0.3, -0.25) is 0 Å². The molecule has 0 aliphatic heterocycles. The van der Waals surface area contributed by atoms with E-state index in [0.29, 0.717) is 32.2 Å². The normalized spacial score (nSPS) is 10.7. The van der Waals surface area contributed by atoms with Crippen molar-refractivity contribution in [3.05, 3.63) is 23.7 Å². The fourth-order valence-electron chi connectivity index (χ4n) is 1.33. The third-order valence-electron chi connectivity index (χ3n) is 2.22. The van der Waals surface area contributed by atoms with Gasteiger partial charge in [0.05, 0.1) is 19.5 Å². The molecule has 0 fully saturated rings. The first-order valence-electron chi connectivity index (χ1n) is 5.69. The summed E-state index contributed by atoms with van der Waals surface area (Å²) in [6, 6.07) is 1.41. The van der Waals surface area contributed by atoms with Crippen molar-refractivity contribution in [2.45, 2.75) is 13.0 Å². The Morgan fingerprint density at radius 1 is 1.28 bits per heavy atom. The molecule has 6 nitrogen and oxygen atoms in total. The van der Waals surface area contributed by atoms with Crippen LogP contribution >= 0.6 is 0 Å². The monoisotopic (exact) mass is 258 g/mol. The number of ether oxygens (including phenoxy) is 3. The van der Waals surface area contributed by atoms with E-state index in [1.54, 1.807) is 7.11 Å². The highest BCUT2D eigenvalue weighted by atomic mass is 16.5. The van der Waals surface area contributed by atoms with E-state index in [9.17, 15) is 4.79 Å². The smallest absolute Gasteiger partial charge is 0.339 e. The molecule has 102 valence electrons. The van der Waals surface area contributed by atoms with Gasteiger partial charge in [-0.15, -0.1) is 0 Å². The summed E-state index contributed by atoms with van der Waals surface area (Å²) in [5.41, 5.74) is 0.135. The molecule has 1 heterocycles. The van der Waals surface area contributed by atoms with Gasteiger partial charge in [-0.05, 0) is 12.5 Å². The highest BCUT2D eigenvalue weighted by molar-refractivity contribution is 5.88. The minimum Gasteiger partial charge on any atom is -0.478 e. The van der Waals surface area contributed by atoms with E-state index < -0.39 is 5.97 Å². The number of aromatic carboxylic acids is 1. The van der Waals surface area contributed by atoms with Crippen LogP contribution < -0.4 is 0 Å². The second-order valence-corrected chi connectivity index (χ2v) is 3.57. The molecule has 18 heavy (non-hydrogen) atoms. The van der Waals surface area contributed by atoms with Gasteiger partial charge < -0.3 is 23.7 Å². The average molecular weight is 258 g/mol. The SMILES string of the molecule is COCCCOCCOCc1occc1C(=O)O. The summed E-state index contributed by atoms with van der Waals surface area (Å²) in [7, 11) is 1.65. The standard InChI is InChI=1S/C12H18O6/c1-15-4-2-5-16-7-8-17-9-11-10(12(13)14)3-6-18-11/h3,6H,2,4-5,7-9H2,1H3,(H,13,14). The van der Waals surface area contributed by atoms with Crippen molar-refractivity contribution in [3.8, 4) is 0 Å². The van der Waals surface area contributed by atoms with E-state index in [4.69, 9.17) is 23.7 Å². The largest absolute Gasteiger partial charge is 0.478 e. The summed E-state index contributed by atoms with van der Waals surface area (Å²) in [6.07, 6.45) is 2.18. The number of carboxylic acid groups (broad SMARTS) is 1. The molecule has 0 saturated heterocycles. The predicted octanol–water partition coefficient (Wildman–Crippen LogP) is 1.55. The summed E-state index contributed by atoms with van der Waals surface area (Å²) in [5.74, 6) is -0.694. The van der Waals surface area contributed by atoms with Gasteiger partial charge in [0.1, 0.15) is 17.9 Å². The van der Waals surface area contributed by atoms with Gasteiger partial charge in [-0.2, -0.15) is 0 Å². The van der Waals surface area contributed by atoms with Crippen LogP contribution in [0.25, 0.3) is 0 Å². The topological polar surface area (TPSA) is 78.1 Å². The number of furan rings is 1. The van der Waals surface area contributed by atoms with E-state index in [1.165, 1.54) is 12.3 Å². The van der Waals surface area contributed by atoms with Gasteiger partial charge in [0, 0.05) is 20.3 Å². The second-order valence-electron chi connectivity index (χ2n) is 3.57. The Bertz CT molecular complexity index is 346. The van der Waals surface area contributed by atoms with Crippen molar-refractivity contribution in [1.82, 2.24) is 0 Å². The Hall–Kier alpha value is -1.37. The number of carbonyl (C=O) groups is 1. The fourth-order valence-corrected chi connectivity index (χ4v) is 1.33. The zero-order valence-electron chi connectivity index (χ0n) is 10.4. The van der Waals surface area contributed by atoms with Crippen LogP contribution in [0.15, 0.2) is 16.7 Å². The van der Waals surface area contributed by atoms with Crippen LogP contribution in [0.2, 0.25) is 0 Å². The summed E-state index contributed by atoms with van der Waals surface area (Å²) in [5, 5.41) is 8.83. The predicted molar refractivity (Wildman–Crippen MR) is 62.6 cm³/mol. The Morgan fingerprint density at radius 2 is 2.06 bits per heavy atom. The van der Waals surface area contributed by atoms with E-state index in [1.807, 2.05) is 0 Å². The zero-order chi connectivity index (χ0) is 13.2. The van der Waals surface area contributed by atoms with Gasteiger partial charge >= 0.3 is 5.97 Å². The van der Waals surface area contributed by atoms with Crippen LogP contribution in [0.3, 0.4) is 0 Å². The molecule has 1 N–H and O–H groups in total. The lowest BCUT2D eigenvalue weighted by Crippen LogP contribution is -2.07. The van der Waals surface area contributed by atoms with Crippen molar-refractivity contribution < 1.29 is 28.5 Å². The minimum absolute atomic E-state index is 0.135. The number of hydrogen-bond acceptors (Lipinski definition) is 5. The molecule has 0 aliphatic rings. The maximum Gasteiger partial charge on any atom is 0.339 e. The minimum atomic E-state index is -1.02. The molecule has 0 aliphatic carbocycles. The number of hydrogen-bond donors (Lipinski definition) is 1. The van der Waals surface area contributed by atoms with Crippen molar-refractivity contribution in [2.24, 2.45) is 0 Å². The van der Waals surface area contributed by atoms with Gasteiger partial charge in [-0.25, -0.2) is 4.79 Å². The molecule has 0 atom stereocenters. The third kappa shape index (κ3) is 5.31. The van der Waals surface area contributed by atoms with Crippen molar-refractivity contribution in [1.29, 1.82) is 0 Å². The Morgan fingerprint density at radius 3 is 2.78 bits per heavy atom. The maximum absolute atomic E-state index is 10.8. The molecule has 1 aromatic heterocycles. The molecule has 0 spiro atoms. The molecule has 0 radical (unpaired) electrons. The molecule has 0 saturated carbocycles. The lowest BCUT2D eigenvalue weighted by atomic mass is 10.2. The molecule has 0 unspecified atom stereocenters. The second kappa shape index (κ2) is 8.68. The molecule has 6 heteroatoms. The van der Waals surface area contributed by atoms with E-state index >= 15 is 0 Å². The maximum atomic E-state index is 10.8. The number of methoxy groups -OCH3 is 1. The summed E-state index contributed by atoms with van der Waals surface area (Å²) in [4.78, 5) is 10.8. The van der Waals surface area contributed by atoms with Crippen LogP contribution in [0.1, 0.15) is 22.5 Å². The number of carboxylic acids is 1. The van der Waals surface area contributed by atoms with E-state index in [2.05, 4.69) is 0 Å². The molecule has 1 aromatic rings. The lowest BCUT2D eigenvalue weighted by molar-refractivity contribution is 0.0280. The summed E-state index contributed by atoms with van der Waals surface area (Å²) in [6.45, 7) is 2.29. The fraction of sp³-hybridized carbons (Fsp3) is 0.583. The Kier molecular flexibility index (Phi) is 7.09. The highest BCUT2D eigenvalue weighted by Crippen LogP contribution is 2.11. The van der Waals surface area contributed by atoms with Crippen LogP contribution in [-0.2, 0) is 20.8 Å². The molecule has 0 bridgehead atoms. The molecule has 1 rings (SSSR count).